The molecule has 1 aliphatic carbocycles. The molecule has 1 aliphatic heterocycles. The predicted octanol–water partition coefficient (Wildman–Crippen LogP) is 4.34. The molecule has 34 heavy (non-hydrogen) atoms. The van der Waals surface area contributed by atoms with E-state index < -0.39 is 27.4 Å². The van der Waals surface area contributed by atoms with Gasteiger partial charge in [0.1, 0.15) is 5.82 Å². The first kappa shape index (κ1) is 24.6. The van der Waals surface area contributed by atoms with E-state index in [0.717, 1.165) is 11.1 Å². The minimum atomic E-state index is -3.78. The van der Waals surface area contributed by atoms with Crippen LogP contribution in [-0.2, 0) is 25.0 Å². The summed E-state index contributed by atoms with van der Waals surface area (Å²) in [5, 5.41) is 8.81. The van der Waals surface area contributed by atoms with Crippen LogP contribution in [0.25, 0.3) is 0 Å². The molecule has 0 amide bonds. The number of unbranched alkanes of at least 4 members (excludes halogenated alkanes) is 1. The smallest absolute Gasteiger partial charge is 0.303 e. The van der Waals surface area contributed by atoms with Crippen molar-refractivity contribution in [2.24, 2.45) is 5.92 Å². The van der Waals surface area contributed by atoms with Gasteiger partial charge in [-0.25, -0.2) is 17.5 Å². The molecule has 2 aliphatic rings. The van der Waals surface area contributed by atoms with Gasteiger partial charge in [0.25, 0.3) is 0 Å². The largest absolute Gasteiger partial charge is 0.481 e. The first-order chi connectivity index (χ1) is 16.2. The third-order valence-electron chi connectivity index (χ3n) is 7.00. The maximum Gasteiger partial charge on any atom is 0.303 e. The van der Waals surface area contributed by atoms with Gasteiger partial charge in [-0.15, -0.1) is 0 Å². The number of ether oxygens (including phenoxy) is 1. The second-order valence-electron chi connectivity index (χ2n) is 9.28. The number of rotatable bonds is 10. The van der Waals surface area contributed by atoms with Gasteiger partial charge in [0, 0.05) is 11.8 Å². The lowest BCUT2D eigenvalue weighted by Gasteiger charge is -2.39. The van der Waals surface area contributed by atoms with Gasteiger partial charge in [-0.05, 0) is 68.4 Å². The number of nitrogens with one attached hydrogen (secondary N) is 1. The van der Waals surface area contributed by atoms with E-state index >= 15 is 0 Å². The average molecular weight is 488 g/mol. The van der Waals surface area contributed by atoms with Crippen molar-refractivity contribution in [3.63, 3.8) is 0 Å². The van der Waals surface area contributed by atoms with Crippen LogP contribution in [0, 0.1) is 18.7 Å². The summed E-state index contributed by atoms with van der Waals surface area (Å²) >= 11 is 0. The maximum absolute atomic E-state index is 14.1. The van der Waals surface area contributed by atoms with Crippen molar-refractivity contribution in [1.29, 1.82) is 0 Å². The van der Waals surface area contributed by atoms with Crippen LogP contribution in [0.15, 0.2) is 65.6 Å². The second-order valence-corrected chi connectivity index (χ2v) is 11.0. The standard InChI is InChI=1S/C26H30FNO5S/c1-18-11-13-21(14-12-18)34(31,32)28-25-22(9-4-2-3-5-10-24(29)30)26(16-23(25)33-17-26)19-7-6-8-20(27)15-19/h2,4,6-8,11-15,22-23,25,28H,3,5,9-10,16-17H2,1H3,(H,29,30)/b4-2+/t22-,23?,25-,26?/m0/s1. The number of aliphatic carboxylic acids is 1. The van der Waals surface area contributed by atoms with Crippen molar-refractivity contribution in [3.8, 4) is 0 Å². The Labute approximate surface area is 199 Å². The molecule has 2 aromatic carbocycles. The summed E-state index contributed by atoms with van der Waals surface area (Å²) in [4.78, 5) is 10.9. The molecule has 2 unspecified atom stereocenters. The Morgan fingerprint density at radius 1 is 1.24 bits per heavy atom. The maximum atomic E-state index is 14.1. The third-order valence-corrected chi connectivity index (χ3v) is 8.48. The zero-order chi connectivity index (χ0) is 24.3. The highest BCUT2D eigenvalue weighted by Gasteiger charge is 2.60. The molecular formula is C26H30FNO5S. The molecule has 182 valence electrons. The van der Waals surface area contributed by atoms with Gasteiger partial charge >= 0.3 is 5.97 Å². The highest BCUT2D eigenvalue weighted by atomic mass is 32.2. The fraction of sp³-hybridized carbons (Fsp3) is 0.423. The topological polar surface area (TPSA) is 92.7 Å². The zero-order valence-corrected chi connectivity index (χ0v) is 19.9. The monoisotopic (exact) mass is 487 g/mol. The van der Waals surface area contributed by atoms with E-state index in [2.05, 4.69) is 4.72 Å². The number of carboxylic acids is 1. The van der Waals surface area contributed by atoms with E-state index in [9.17, 15) is 17.6 Å². The number of fused-ring (bicyclic) bond motifs is 2. The van der Waals surface area contributed by atoms with E-state index in [1.54, 1.807) is 30.3 Å². The van der Waals surface area contributed by atoms with Crippen LogP contribution in [-0.4, -0.2) is 38.2 Å². The van der Waals surface area contributed by atoms with Crippen molar-refractivity contribution < 1.29 is 27.4 Å². The molecule has 2 bridgehead atoms. The van der Waals surface area contributed by atoms with E-state index in [1.807, 2.05) is 25.1 Å². The molecule has 4 rings (SSSR count). The number of benzene rings is 2. The van der Waals surface area contributed by atoms with Crippen LogP contribution in [0.1, 0.15) is 43.2 Å². The van der Waals surface area contributed by atoms with E-state index in [1.165, 1.54) is 12.1 Å². The van der Waals surface area contributed by atoms with Gasteiger partial charge in [-0.3, -0.25) is 4.79 Å². The summed E-state index contributed by atoms with van der Waals surface area (Å²) in [5.41, 5.74) is 1.29. The summed E-state index contributed by atoms with van der Waals surface area (Å²) in [6, 6.07) is 12.7. The molecule has 0 aromatic heterocycles. The number of allylic oxidation sites excluding steroid dienone is 2. The van der Waals surface area contributed by atoms with Gasteiger partial charge in [0.15, 0.2) is 0 Å². The molecule has 0 radical (unpaired) electrons. The zero-order valence-electron chi connectivity index (χ0n) is 19.1. The molecule has 1 saturated carbocycles. The number of hydrogen-bond donors (Lipinski definition) is 2. The third kappa shape index (κ3) is 5.09. The fourth-order valence-corrected chi connectivity index (χ4v) is 6.57. The van der Waals surface area contributed by atoms with Crippen molar-refractivity contribution >= 4 is 16.0 Å². The normalized spacial score (nSPS) is 26.4. The van der Waals surface area contributed by atoms with E-state index in [4.69, 9.17) is 9.84 Å². The number of carbonyl (C=O) groups is 1. The molecule has 1 heterocycles. The Kier molecular flexibility index (Phi) is 7.21. The number of sulfonamides is 1. The number of aryl methyl sites for hydroxylation is 1. The molecule has 8 heteroatoms. The lowest BCUT2D eigenvalue weighted by molar-refractivity contribution is -0.137. The summed E-state index contributed by atoms with van der Waals surface area (Å²) in [5.74, 6) is -1.29. The summed E-state index contributed by atoms with van der Waals surface area (Å²) in [7, 11) is -3.78. The molecule has 0 spiro atoms. The van der Waals surface area contributed by atoms with E-state index in [0.29, 0.717) is 32.3 Å². The Hall–Kier alpha value is -2.55. The van der Waals surface area contributed by atoms with Crippen LogP contribution in [0.4, 0.5) is 4.39 Å². The Morgan fingerprint density at radius 3 is 2.71 bits per heavy atom. The average Bonchev–Trinajstić information content (AvgIpc) is 3.35. The summed E-state index contributed by atoms with van der Waals surface area (Å²) in [6.07, 6.45) is 6.08. The lowest BCUT2D eigenvalue weighted by Crippen LogP contribution is -2.51. The number of halogens is 1. The Bertz CT molecular complexity index is 1160. The van der Waals surface area contributed by atoms with Crippen LogP contribution in [0.5, 0.6) is 0 Å². The number of hydrogen-bond acceptors (Lipinski definition) is 4. The van der Waals surface area contributed by atoms with Gasteiger partial charge in [-0.2, -0.15) is 0 Å². The van der Waals surface area contributed by atoms with Crippen LogP contribution >= 0.6 is 0 Å². The molecule has 1 saturated heterocycles. The first-order valence-electron chi connectivity index (χ1n) is 11.5. The Morgan fingerprint density at radius 2 is 2.00 bits per heavy atom. The van der Waals surface area contributed by atoms with Gasteiger partial charge < -0.3 is 9.84 Å². The molecule has 2 aromatic rings. The molecule has 2 fully saturated rings. The van der Waals surface area contributed by atoms with Gasteiger partial charge in [-0.1, -0.05) is 42.0 Å². The van der Waals surface area contributed by atoms with Crippen LogP contribution in [0.2, 0.25) is 0 Å². The van der Waals surface area contributed by atoms with Crippen molar-refractivity contribution in [2.75, 3.05) is 6.61 Å². The van der Waals surface area contributed by atoms with Crippen LogP contribution in [0.3, 0.4) is 0 Å². The molecule has 2 N–H and O–H groups in total. The fourth-order valence-electron chi connectivity index (χ4n) is 5.26. The lowest BCUT2D eigenvalue weighted by atomic mass is 9.71. The first-order valence-corrected chi connectivity index (χ1v) is 13.0. The summed E-state index contributed by atoms with van der Waals surface area (Å²) < 4.78 is 49.4. The summed E-state index contributed by atoms with van der Waals surface area (Å²) in [6.45, 7) is 2.30. The molecule has 6 nitrogen and oxygen atoms in total. The SMILES string of the molecule is Cc1ccc(S(=O)(=O)N[C@@H]2C3CC(c4cccc(F)c4)(CO3)[C@H]2C/C=C/CCCC(=O)O)cc1. The van der Waals surface area contributed by atoms with Gasteiger partial charge in [0.05, 0.1) is 23.6 Å². The second kappa shape index (κ2) is 9.98. The van der Waals surface area contributed by atoms with Crippen molar-refractivity contribution in [1.82, 2.24) is 4.72 Å². The quantitative estimate of drug-likeness (QED) is 0.384. The van der Waals surface area contributed by atoms with Gasteiger partial charge in [0.2, 0.25) is 10.0 Å². The molecule has 4 atom stereocenters. The Balaban J connectivity index is 1.60. The van der Waals surface area contributed by atoms with E-state index in [-0.39, 0.29) is 29.2 Å². The van der Waals surface area contributed by atoms with Crippen molar-refractivity contribution in [2.45, 2.75) is 61.5 Å². The minimum Gasteiger partial charge on any atom is -0.481 e. The predicted molar refractivity (Wildman–Crippen MR) is 126 cm³/mol. The van der Waals surface area contributed by atoms with Crippen LogP contribution < -0.4 is 4.72 Å². The highest BCUT2D eigenvalue weighted by molar-refractivity contribution is 7.89. The number of carboxylic acid groups (broad SMARTS) is 1. The molecular weight excluding hydrogens is 457 g/mol. The van der Waals surface area contributed by atoms with Crippen molar-refractivity contribution in [3.05, 3.63) is 77.6 Å². The minimum absolute atomic E-state index is 0.107. The highest BCUT2D eigenvalue weighted by Crippen LogP contribution is 2.54.